The van der Waals surface area contributed by atoms with Crippen LogP contribution in [0.15, 0.2) is 6.07 Å². The van der Waals surface area contributed by atoms with Gasteiger partial charge in [-0.1, -0.05) is 13.8 Å². The molecule has 2 heterocycles. The molecule has 0 aromatic carbocycles. The number of carbonyl (C=O) groups is 2. The molecule has 7 nitrogen and oxygen atoms in total. The lowest BCUT2D eigenvalue weighted by atomic mass is 10.1. The summed E-state index contributed by atoms with van der Waals surface area (Å²) in [6, 6.07) is 0.787. The van der Waals surface area contributed by atoms with Crippen LogP contribution in [-0.4, -0.2) is 57.5 Å². The van der Waals surface area contributed by atoms with Gasteiger partial charge in [-0.05, 0) is 12.0 Å². The summed E-state index contributed by atoms with van der Waals surface area (Å²) in [7, 11) is 1.69. The van der Waals surface area contributed by atoms with Crippen molar-refractivity contribution >= 4 is 11.9 Å². The van der Waals surface area contributed by atoms with Crippen LogP contribution in [0.25, 0.3) is 0 Å². The van der Waals surface area contributed by atoms with E-state index in [1.54, 1.807) is 13.1 Å². The number of rotatable bonds is 3. The van der Waals surface area contributed by atoms with Gasteiger partial charge >= 0.3 is 5.97 Å². The Bertz CT molecular complexity index is 524. The molecule has 0 saturated carbocycles. The number of carbonyl (C=O) groups excluding carboxylic acids is 1. The van der Waals surface area contributed by atoms with E-state index in [0.717, 1.165) is 5.69 Å². The zero-order valence-corrected chi connectivity index (χ0v) is 11.9. The predicted octanol–water partition coefficient (Wildman–Crippen LogP) is 0.469. The molecule has 0 bridgehead atoms. The number of aromatic nitrogens is 2. The van der Waals surface area contributed by atoms with E-state index in [2.05, 4.69) is 5.10 Å². The van der Waals surface area contributed by atoms with Gasteiger partial charge in [0.1, 0.15) is 5.69 Å². The molecule has 1 aliphatic heterocycles. The second-order valence-electron chi connectivity index (χ2n) is 5.16. The fraction of sp³-hybridized carbons (Fsp3) is 0.615. The van der Waals surface area contributed by atoms with Gasteiger partial charge in [0.05, 0.1) is 18.9 Å². The summed E-state index contributed by atoms with van der Waals surface area (Å²) in [4.78, 5) is 25.1. The molecule has 1 aromatic rings. The van der Waals surface area contributed by atoms with Crippen LogP contribution in [0.5, 0.6) is 0 Å². The number of carboxylic acids is 1. The van der Waals surface area contributed by atoms with E-state index < -0.39 is 12.0 Å². The fourth-order valence-corrected chi connectivity index (χ4v) is 2.17. The molecular weight excluding hydrogens is 262 g/mol. The largest absolute Gasteiger partial charge is 0.480 e. The molecule has 0 aliphatic carbocycles. The lowest BCUT2D eigenvalue weighted by Crippen LogP contribution is -2.52. The Labute approximate surface area is 117 Å². The van der Waals surface area contributed by atoms with Crippen LogP contribution in [0.3, 0.4) is 0 Å². The van der Waals surface area contributed by atoms with Crippen molar-refractivity contribution in [2.45, 2.75) is 25.8 Å². The average molecular weight is 281 g/mol. The highest BCUT2D eigenvalue weighted by atomic mass is 16.5. The lowest BCUT2D eigenvalue weighted by Gasteiger charge is -2.32. The van der Waals surface area contributed by atoms with Crippen LogP contribution in [0.4, 0.5) is 0 Å². The third kappa shape index (κ3) is 2.67. The van der Waals surface area contributed by atoms with Crippen LogP contribution >= 0.6 is 0 Å². The molecule has 20 heavy (non-hydrogen) atoms. The minimum Gasteiger partial charge on any atom is -0.480 e. The topological polar surface area (TPSA) is 84.7 Å². The van der Waals surface area contributed by atoms with Crippen molar-refractivity contribution in [3.8, 4) is 0 Å². The Morgan fingerprint density at radius 3 is 2.75 bits per heavy atom. The number of amides is 1. The minimum absolute atomic E-state index is 0.0238. The molecule has 1 N–H and O–H groups in total. The summed E-state index contributed by atoms with van der Waals surface area (Å²) in [5.41, 5.74) is 1.22. The van der Waals surface area contributed by atoms with Crippen LogP contribution < -0.4 is 0 Å². The van der Waals surface area contributed by atoms with Crippen LogP contribution in [-0.2, 0) is 16.6 Å². The second-order valence-corrected chi connectivity index (χ2v) is 5.16. The first-order chi connectivity index (χ1) is 9.41. The molecule has 2 rings (SSSR count). The van der Waals surface area contributed by atoms with Crippen molar-refractivity contribution in [1.82, 2.24) is 14.7 Å². The number of hydrogen-bond acceptors (Lipinski definition) is 4. The zero-order chi connectivity index (χ0) is 14.9. The molecule has 110 valence electrons. The molecule has 7 heteroatoms. The van der Waals surface area contributed by atoms with Crippen molar-refractivity contribution in [3.05, 3.63) is 17.5 Å². The Balaban J connectivity index is 2.27. The van der Waals surface area contributed by atoms with Gasteiger partial charge in [0.15, 0.2) is 6.04 Å². The number of nitrogens with zero attached hydrogens (tertiary/aromatic N) is 3. The molecule has 1 saturated heterocycles. The summed E-state index contributed by atoms with van der Waals surface area (Å²) in [5, 5.41) is 13.5. The van der Waals surface area contributed by atoms with E-state index in [1.165, 1.54) is 9.58 Å². The molecule has 1 aromatic heterocycles. The molecule has 0 unspecified atom stereocenters. The highest BCUT2D eigenvalue weighted by molar-refractivity contribution is 5.95. The van der Waals surface area contributed by atoms with Crippen molar-refractivity contribution in [2.75, 3.05) is 19.8 Å². The molecular formula is C13H19N3O4. The van der Waals surface area contributed by atoms with Crippen molar-refractivity contribution in [2.24, 2.45) is 7.05 Å². The highest BCUT2D eigenvalue weighted by Gasteiger charge is 2.34. The quantitative estimate of drug-likeness (QED) is 0.870. The highest BCUT2D eigenvalue weighted by Crippen LogP contribution is 2.17. The maximum Gasteiger partial charge on any atom is 0.328 e. The Morgan fingerprint density at radius 2 is 2.20 bits per heavy atom. The maximum absolute atomic E-state index is 12.5. The van der Waals surface area contributed by atoms with Gasteiger partial charge in [0.2, 0.25) is 0 Å². The van der Waals surface area contributed by atoms with E-state index in [9.17, 15) is 14.7 Å². The molecule has 0 spiro atoms. The molecule has 0 radical (unpaired) electrons. The smallest absolute Gasteiger partial charge is 0.328 e. The Morgan fingerprint density at radius 1 is 1.50 bits per heavy atom. The van der Waals surface area contributed by atoms with E-state index >= 15 is 0 Å². The van der Waals surface area contributed by atoms with Gasteiger partial charge in [-0.2, -0.15) is 5.10 Å². The maximum atomic E-state index is 12.5. The first-order valence-electron chi connectivity index (χ1n) is 6.57. The average Bonchev–Trinajstić information content (AvgIpc) is 2.80. The van der Waals surface area contributed by atoms with Gasteiger partial charge in [-0.15, -0.1) is 0 Å². The van der Waals surface area contributed by atoms with E-state index in [0.29, 0.717) is 12.3 Å². The number of carboxylic acid groups (broad SMARTS) is 1. The van der Waals surface area contributed by atoms with Crippen LogP contribution in [0.2, 0.25) is 0 Å². The normalized spacial score (nSPS) is 19.4. The fourth-order valence-electron chi connectivity index (χ4n) is 2.17. The number of aliphatic carboxylic acids is 1. The van der Waals surface area contributed by atoms with Gasteiger partial charge < -0.3 is 14.7 Å². The van der Waals surface area contributed by atoms with Crippen LogP contribution in [0, 0.1) is 0 Å². The number of hydrogen-bond donors (Lipinski definition) is 1. The lowest BCUT2D eigenvalue weighted by molar-refractivity contribution is -0.147. The summed E-state index contributed by atoms with van der Waals surface area (Å²) < 4.78 is 6.64. The van der Waals surface area contributed by atoms with Gasteiger partial charge in [-0.25, -0.2) is 4.79 Å². The second kappa shape index (κ2) is 5.62. The summed E-state index contributed by atoms with van der Waals surface area (Å²) >= 11 is 0. The summed E-state index contributed by atoms with van der Waals surface area (Å²) in [6.07, 6.45) is 0. The van der Waals surface area contributed by atoms with E-state index in [1.807, 2.05) is 13.8 Å². The van der Waals surface area contributed by atoms with E-state index in [-0.39, 0.29) is 25.0 Å². The first kappa shape index (κ1) is 14.5. The zero-order valence-electron chi connectivity index (χ0n) is 11.9. The molecule has 1 aliphatic rings. The first-order valence-corrected chi connectivity index (χ1v) is 6.57. The summed E-state index contributed by atoms with van der Waals surface area (Å²) in [6.45, 7) is 4.63. The minimum atomic E-state index is -1.05. The molecule has 1 amide bonds. The Hall–Kier alpha value is -1.89. The standard InChI is InChI=1S/C13H19N3O4/c1-8(2)9-6-10(15(3)14-9)12(17)16-4-5-20-7-11(16)13(18)19/h6,8,11H,4-5,7H2,1-3H3,(H,18,19)/t11-/m0/s1. The predicted molar refractivity (Wildman–Crippen MR) is 70.6 cm³/mol. The van der Waals surface area contributed by atoms with Gasteiger partial charge in [-0.3, -0.25) is 9.48 Å². The SMILES string of the molecule is CC(C)c1cc(C(=O)N2CCOC[C@H]2C(=O)O)n(C)n1. The van der Waals surface area contributed by atoms with E-state index in [4.69, 9.17) is 4.74 Å². The monoisotopic (exact) mass is 281 g/mol. The number of aryl methyl sites for hydroxylation is 1. The van der Waals surface area contributed by atoms with Crippen molar-refractivity contribution in [1.29, 1.82) is 0 Å². The Kier molecular flexibility index (Phi) is 4.08. The van der Waals surface area contributed by atoms with Crippen molar-refractivity contribution < 1.29 is 19.4 Å². The number of ether oxygens (including phenoxy) is 1. The van der Waals surface area contributed by atoms with Gasteiger partial charge in [0, 0.05) is 13.6 Å². The van der Waals surface area contributed by atoms with Crippen LogP contribution in [0.1, 0.15) is 35.9 Å². The third-order valence-corrected chi connectivity index (χ3v) is 3.38. The molecule has 1 atom stereocenters. The molecule has 1 fully saturated rings. The third-order valence-electron chi connectivity index (χ3n) is 3.38. The van der Waals surface area contributed by atoms with Gasteiger partial charge in [0.25, 0.3) is 5.91 Å². The number of morpholine rings is 1. The summed E-state index contributed by atoms with van der Waals surface area (Å²) in [5.74, 6) is -1.16. The van der Waals surface area contributed by atoms with Crippen molar-refractivity contribution in [3.63, 3.8) is 0 Å².